The van der Waals surface area contributed by atoms with Crippen molar-refractivity contribution in [2.45, 2.75) is 37.7 Å². The van der Waals surface area contributed by atoms with E-state index >= 15 is 0 Å². The van der Waals surface area contributed by atoms with Crippen LogP contribution < -0.4 is 10.1 Å². The molecular formula is C21H26N2O4S. The Hall–Kier alpha value is -2.38. The predicted molar refractivity (Wildman–Crippen MR) is 109 cm³/mol. The second-order valence-corrected chi connectivity index (χ2v) is 9.11. The first-order chi connectivity index (χ1) is 13.4. The number of anilines is 1. The van der Waals surface area contributed by atoms with Gasteiger partial charge in [0.25, 0.3) is 0 Å². The molecular weight excluding hydrogens is 376 g/mol. The number of carbonyl (C=O) groups is 1. The average molecular weight is 403 g/mol. The Morgan fingerprint density at radius 3 is 2.50 bits per heavy atom. The smallest absolute Gasteiger partial charge is 0.243 e. The van der Waals surface area contributed by atoms with Gasteiger partial charge in [-0.3, -0.25) is 4.79 Å². The van der Waals surface area contributed by atoms with Crippen molar-refractivity contribution in [1.82, 2.24) is 4.31 Å². The average Bonchev–Trinajstić information content (AvgIpc) is 2.70. The van der Waals surface area contributed by atoms with Gasteiger partial charge in [0.2, 0.25) is 15.9 Å². The number of sulfonamides is 1. The summed E-state index contributed by atoms with van der Waals surface area (Å²) in [6, 6.07) is 15.6. The molecule has 1 heterocycles. The van der Waals surface area contributed by atoms with Gasteiger partial charge in [-0.05, 0) is 51.0 Å². The predicted octanol–water partition coefficient (Wildman–Crippen LogP) is 3.51. The molecule has 1 fully saturated rings. The quantitative estimate of drug-likeness (QED) is 0.802. The van der Waals surface area contributed by atoms with Crippen LogP contribution in [0.3, 0.4) is 0 Å². The first-order valence-corrected chi connectivity index (χ1v) is 10.9. The molecule has 150 valence electrons. The molecule has 2 aromatic carbocycles. The summed E-state index contributed by atoms with van der Waals surface area (Å²) in [6.07, 6.45) is 1.29. The van der Waals surface area contributed by atoms with E-state index in [-0.39, 0.29) is 23.5 Å². The number of para-hydroxylation sites is 2. The molecule has 3 rings (SSSR count). The molecule has 0 radical (unpaired) electrons. The van der Waals surface area contributed by atoms with E-state index in [0.29, 0.717) is 30.8 Å². The highest BCUT2D eigenvalue weighted by molar-refractivity contribution is 7.89. The van der Waals surface area contributed by atoms with Crippen molar-refractivity contribution in [3.63, 3.8) is 0 Å². The van der Waals surface area contributed by atoms with Crippen LogP contribution in [0.2, 0.25) is 0 Å². The third-order valence-corrected chi connectivity index (χ3v) is 6.52. The van der Waals surface area contributed by atoms with E-state index in [9.17, 15) is 13.2 Å². The molecule has 6 nitrogen and oxygen atoms in total. The number of carbonyl (C=O) groups excluding carboxylic acids is 1. The molecule has 0 unspecified atom stereocenters. The summed E-state index contributed by atoms with van der Waals surface area (Å²) in [7, 11) is -3.60. The number of rotatable bonds is 6. The number of amides is 1. The fourth-order valence-corrected chi connectivity index (χ4v) is 4.82. The summed E-state index contributed by atoms with van der Waals surface area (Å²) in [5.41, 5.74) is 0.601. The van der Waals surface area contributed by atoms with Gasteiger partial charge in [0.1, 0.15) is 5.75 Å². The lowest BCUT2D eigenvalue weighted by Crippen LogP contribution is -2.43. The number of hydrogen-bond acceptors (Lipinski definition) is 4. The van der Waals surface area contributed by atoms with Crippen LogP contribution >= 0.6 is 0 Å². The molecule has 0 aliphatic carbocycles. The summed E-state index contributed by atoms with van der Waals surface area (Å²) >= 11 is 0. The SMILES string of the molecule is CC(C)Oc1ccccc1NC(=O)[C@@H]1CCCN(S(=O)(=O)c2ccccc2)C1. The number of nitrogens with one attached hydrogen (secondary N) is 1. The van der Waals surface area contributed by atoms with E-state index in [4.69, 9.17) is 4.74 Å². The normalized spacial score (nSPS) is 18.0. The molecule has 28 heavy (non-hydrogen) atoms. The summed E-state index contributed by atoms with van der Waals surface area (Å²) in [5, 5.41) is 2.91. The second kappa shape index (κ2) is 8.75. The van der Waals surface area contributed by atoms with Crippen molar-refractivity contribution >= 4 is 21.6 Å². The standard InChI is InChI=1S/C21H26N2O4S/c1-16(2)27-20-13-7-6-12-19(20)22-21(24)17-9-8-14-23(15-17)28(25,26)18-10-4-3-5-11-18/h3-7,10-13,16-17H,8-9,14-15H2,1-2H3,(H,22,24)/t17-/m1/s1. The van der Waals surface area contributed by atoms with E-state index in [2.05, 4.69) is 5.32 Å². The summed E-state index contributed by atoms with van der Waals surface area (Å²) < 4.78 is 32.9. The topological polar surface area (TPSA) is 75.7 Å². The zero-order valence-corrected chi connectivity index (χ0v) is 17.0. The monoisotopic (exact) mass is 402 g/mol. The fourth-order valence-electron chi connectivity index (χ4n) is 3.28. The first kappa shape index (κ1) is 20.4. The number of piperidine rings is 1. The maximum absolute atomic E-state index is 12.9. The summed E-state index contributed by atoms with van der Waals surface area (Å²) in [4.78, 5) is 13.1. The first-order valence-electron chi connectivity index (χ1n) is 9.49. The van der Waals surface area contributed by atoms with Crippen molar-refractivity contribution in [2.24, 2.45) is 5.92 Å². The number of nitrogens with zero attached hydrogens (tertiary/aromatic N) is 1. The van der Waals surface area contributed by atoms with Gasteiger partial charge in [-0.2, -0.15) is 4.31 Å². The van der Waals surface area contributed by atoms with Crippen molar-refractivity contribution in [3.05, 3.63) is 54.6 Å². The zero-order valence-electron chi connectivity index (χ0n) is 16.2. The summed E-state index contributed by atoms with van der Waals surface area (Å²) in [5.74, 6) is 0.0162. The minimum Gasteiger partial charge on any atom is -0.489 e. The molecule has 7 heteroatoms. The molecule has 1 N–H and O–H groups in total. The molecule has 2 aromatic rings. The minimum absolute atomic E-state index is 0.0146. The third-order valence-electron chi connectivity index (χ3n) is 4.64. The molecule has 1 amide bonds. The number of hydrogen-bond donors (Lipinski definition) is 1. The second-order valence-electron chi connectivity index (χ2n) is 7.17. The zero-order chi connectivity index (χ0) is 20.1. The molecule has 0 bridgehead atoms. The van der Waals surface area contributed by atoms with Gasteiger partial charge in [-0.1, -0.05) is 30.3 Å². The Bertz CT molecular complexity index is 913. The van der Waals surface area contributed by atoms with Crippen LogP contribution in [0.15, 0.2) is 59.5 Å². The molecule has 1 aliphatic rings. The van der Waals surface area contributed by atoms with E-state index in [0.717, 1.165) is 0 Å². The third kappa shape index (κ3) is 4.72. The van der Waals surface area contributed by atoms with Crippen molar-refractivity contribution in [2.75, 3.05) is 18.4 Å². The van der Waals surface area contributed by atoms with Crippen LogP contribution in [0, 0.1) is 5.92 Å². The van der Waals surface area contributed by atoms with Crippen LogP contribution in [0.5, 0.6) is 5.75 Å². The molecule has 1 aliphatic heterocycles. The maximum Gasteiger partial charge on any atom is 0.243 e. The van der Waals surface area contributed by atoms with Gasteiger partial charge in [0.15, 0.2) is 0 Å². The number of ether oxygens (including phenoxy) is 1. The molecule has 0 saturated carbocycles. The van der Waals surface area contributed by atoms with Crippen molar-refractivity contribution in [1.29, 1.82) is 0 Å². The van der Waals surface area contributed by atoms with Gasteiger partial charge in [-0.15, -0.1) is 0 Å². The van der Waals surface area contributed by atoms with Crippen molar-refractivity contribution in [3.8, 4) is 5.75 Å². The van der Waals surface area contributed by atoms with Crippen LogP contribution in [0.25, 0.3) is 0 Å². The van der Waals surface area contributed by atoms with Gasteiger partial charge in [0.05, 0.1) is 22.6 Å². The minimum atomic E-state index is -3.60. The Labute approximate surface area is 166 Å². The largest absolute Gasteiger partial charge is 0.489 e. The van der Waals surface area contributed by atoms with Crippen LogP contribution in [0.4, 0.5) is 5.69 Å². The Balaban J connectivity index is 1.72. The van der Waals surface area contributed by atoms with E-state index < -0.39 is 15.9 Å². The highest BCUT2D eigenvalue weighted by Crippen LogP contribution is 2.28. The molecule has 0 aromatic heterocycles. The van der Waals surface area contributed by atoms with Crippen LogP contribution in [-0.4, -0.2) is 37.8 Å². The molecule has 0 spiro atoms. The van der Waals surface area contributed by atoms with E-state index in [1.807, 2.05) is 32.0 Å². The van der Waals surface area contributed by atoms with Crippen molar-refractivity contribution < 1.29 is 17.9 Å². The highest BCUT2D eigenvalue weighted by Gasteiger charge is 2.33. The maximum atomic E-state index is 12.9. The van der Waals surface area contributed by atoms with Gasteiger partial charge >= 0.3 is 0 Å². The Kier molecular flexibility index (Phi) is 6.36. The lowest BCUT2D eigenvalue weighted by atomic mass is 9.98. The van der Waals surface area contributed by atoms with E-state index in [1.54, 1.807) is 36.4 Å². The van der Waals surface area contributed by atoms with Crippen LogP contribution in [0.1, 0.15) is 26.7 Å². The van der Waals surface area contributed by atoms with E-state index in [1.165, 1.54) is 4.31 Å². The Morgan fingerprint density at radius 2 is 1.79 bits per heavy atom. The van der Waals surface area contributed by atoms with Gasteiger partial charge in [0, 0.05) is 13.1 Å². The lowest BCUT2D eigenvalue weighted by molar-refractivity contribution is -0.120. The fraction of sp³-hybridized carbons (Fsp3) is 0.381. The van der Waals surface area contributed by atoms with Gasteiger partial charge in [-0.25, -0.2) is 8.42 Å². The summed E-state index contributed by atoms with van der Waals surface area (Å²) in [6.45, 7) is 4.45. The Morgan fingerprint density at radius 1 is 1.11 bits per heavy atom. The molecule has 1 saturated heterocycles. The van der Waals surface area contributed by atoms with Gasteiger partial charge < -0.3 is 10.1 Å². The highest BCUT2D eigenvalue weighted by atomic mass is 32.2. The van der Waals surface area contributed by atoms with Crippen LogP contribution in [-0.2, 0) is 14.8 Å². The number of benzene rings is 2. The molecule has 1 atom stereocenters. The lowest BCUT2D eigenvalue weighted by Gasteiger charge is -2.31.